The van der Waals surface area contributed by atoms with Crippen LogP contribution >= 0.6 is 0 Å². The van der Waals surface area contributed by atoms with Gasteiger partial charge in [-0.2, -0.15) is 0 Å². The van der Waals surface area contributed by atoms with Crippen molar-refractivity contribution in [1.29, 1.82) is 0 Å². The molecule has 0 saturated carbocycles. The summed E-state index contributed by atoms with van der Waals surface area (Å²) in [4.78, 5) is 15.4. The van der Waals surface area contributed by atoms with Gasteiger partial charge < -0.3 is 4.90 Å². The minimum atomic E-state index is -0.360. The molecule has 4 atom stereocenters. The minimum absolute atomic E-state index is 0.00153. The van der Waals surface area contributed by atoms with E-state index in [-0.39, 0.29) is 35.8 Å². The predicted octanol–water partition coefficient (Wildman–Crippen LogP) is 5.18. The molecule has 5 heteroatoms. The molecule has 5 rings (SSSR count). The predicted molar refractivity (Wildman–Crippen MR) is 125 cm³/mol. The van der Waals surface area contributed by atoms with Gasteiger partial charge >= 0.3 is 0 Å². The molecular formula is C27H28FN3O. The zero-order valence-electron chi connectivity index (χ0n) is 18.5. The summed E-state index contributed by atoms with van der Waals surface area (Å²) >= 11 is 0. The number of nitrogens with one attached hydrogen (secondary N) is 2. The summed E-state index contributed by atoms with van der Waals surface area (Å²) in [5.74, 6) is 0.114. The average molecular weight is 430 g/mol. The van der Waals surface area contributed by atoms with Crippen molar-refractivity contribution >= 4 is 11.6 Å². The minimum Gasteiger partial charge on any atom is -0.303 e. The molecule has 2 aliphatic heterocycles. The molecule has 164 valence electrons. The first-order valence-corrected chi connectivity index (χ1v) is 11.2. The molecule has 0 aliphatic carbocycles. The van der Waals surface area contributed by atoms with Gasteiger partial charge in [0.15, 0.2) is 0 Å². The van der Waals surface area contributed by atoms with Gasteiger partial charge in [-0.1, -0.05) is 67.9 Å². The van der Waals surface area contributed by atoms with Crippen molar-refractivity contribution in [2.24, 2.45) is 5.92 Å². The quantitative estimate of drug-likeness (QED) is 0.601. The van der Waals surface area contributed by atoms with Crippen molar-refractivity contribution < 1.29 is 9.18 Å². The number of hydrogen-bond donors (Lipinski definition) is 2. The molecule has 4 unspecified atom stereocenters. The first-order valence-electron chi connectivity index (χ1n) is 11.2. The highest BCUT2D eigenvalue weighted by atomic mass is 19.1. The molecule has 2 fully saturated rings. The normalized spacial score (nSPS) is 24.9. The maximum Gasteiger partial charge on any atom is 0.246 e. The summed E-state index contributed by atoms with van der Waals surface area (Å²) in [6, 6.07) is 22.7. The van der Waals surface area contributed by atoms with E-state index in [1.165, 1.54) is 23.3 Å². The number of benzene rings is 3. The van der Waals surface area contributed by atoms with Crippen LogP contribution in [0.1, 0.15) is 54.1 Å². The molecule has 0 aromatic heterocycles. The number of aryl methyl sites for hydroxylation is 1. The highest BCUT2D eigenvalue weighted by Crippen LogP contribution is 2.49. The van der Waals surface area contributed by atoms with Crippen LogP contribution in [-0.4, -0.2) is 11.9 Å². The van der Waals surface area contributed by atoms with E-state index in [0.29, 0.717) is 11.6 Å². The molecule has 3 aromatic rings. The van der Waals surface area contributed by atoms with Gasteiger partial charge in [-0.05, 0) is 53.8 Å². The van der Waals surface area contributed by atoms with Crippen LogP contribution in [0.25, 0.3) is 0 Å². The van der Waals surface area contributed by atoms with Crippen molar-refractivity contribution in [3.05, 3.63) is 101 Å². The van der Waals surface area contributed by atoms with Crippen LogP contribution < -0.4 is 15.8 Å². The summed E-state index contributed by atoms with van der Waals surface area (Å²) in [7, 11) is 0. The molecule has 2 saturated heterocycles. The zero-order chi connectivity index (χ0) is 22.4. The van der Waals surface area contributed by atoms with Crippen LogP contribution in [0.4, 0.5) is 10.1 Å². The van der Waals surface area contributed by atoms with Gasteiger partial charge in [-0.25, -0.2) is 15.2 Å². The summed E-state index contributed by atoms with van der Waals surface area (Å²) in [5, 5.41) is 0. The lowest BCUT2D eigenvalue weighted by atomic mass is 9.83. The van der Waals surface area contributed by atoms with Crippen LogP contribution in [0.2, 0.25) is 0 Å². The summed E-state index contributed by atoms with van der Waals surface area (Å²) in [5.41, 5.74) is 12.0. The Hall–Kier alpha value is -3.02. The number of halogens is 1. The summed E-state index contributed by atoms with van der Waals surface area (Å²) < 4.78 is 13.6. The molecule has 2 heterocycles. The maximum absolute atomic E-state index is 13.6. The van der Waals surface area contributed by atoms with Crippen LogP contribution in [-0.2, 0) is 4.79 Å². The lowest BCUT2D eigenvalue weighted by Crippen LogP contribution is -2.41. The van der Waals surface area contributed by atoms with Crippen LogP contribution in [0.3, 0.4) is 0 Å². The smallest absolute Gasteiger partial charge is 0.246 e. The van der Waals surface area contributed by atoms with Crippen LogP contribution in [0.15, 0.2) is 72.8 Å². The molecule has 4 nitrogen and oxygen atoms in total. The third kappa shape index (κ3) is 3.51. The van der Waals surface area contributed by atoms with Crippen molar-refractivity contribution in [2.45, 2.75) is 44.8 Å². The van der Waals surface area contributed by atoms with E-state index in [1.54, 1.807) is 12.1 Å². The van der Waals surface area contributed by atoms with E-state index in [1.807, 2.05) is 4.90 Å². The van der Waals surface area contributed by atoms with E-state index >= 15 is 0 Å². The number of hydrazine groups is 1. The molecule has 2 N–H and O–H groups in total. The molecule has 32 heavy (non-hydrogen) atoms. The Kier molecular flexibility index (Phi) is 5.31. The number of carbonyl (C=O) groups excluding carboxylic acids is 1. The fourth-order valence-electron chi connectivity index (χ4n) is 5.03. The third-order valence-electron chi connectivity index (χ3n) is 6.80. The van der Waals surface area contributed by atoms with Crippen molar-refractivity contribution in [3.63, 3.8) is 0 Å². The molecule has 0 bridgehead atoms. The largest absolute Gasteiger partial charge is 0.303 e. The first kappa shape index (κ1) is 20.9. The van der Waals surface area contributed by atoms with Crippen molar-refractivity contribution in [3.8, 4) is 0 Å². The van der Waals surface area contributed by atoms with Crippen molar-refractivity contribution in [2.75, 3.05) is 4.90 Å². The molecule has 0 spiro atoms. The van der Waals surface area contributed by atoms with Gasteiger partial charge in [-0.3, -0.25) is 4.79 Å². The van der Waals surface area contributed by atoms with Crippen LogP contribution in [0, 0.1) is 18.7 Å². The molecule has 1 amide bonds. The third-order valence-corrected chi connectivity index (χ3v) is 6.80. The fraction of sp³-hybridized carbons (Fsp3) is 0.296. The molecule has 3 aromatic carbocycles. The van der Waals surface area contributed by atoms with Gasteiger partial charge in [0.05, 0.1) is 12.1 Å². The van der Waals surface area contributed by atoms with Gasteiger partial charge in [-0.15, -0.1) is 0 Å². The number of nitrogens with zero attached hydrogens (tertiary/aromatic N) is 1. The van der Waals surface area contributed by atoms with Gasteiger partial charge in [0.1, 0.15) is 11.9 Å². The summed E-state index contributed by atoms with van der Waals surface area (Å²) in [6.07, 6.45) is 0. The second-order valence-electron chi connectivity index (χ2n) is 9.18. The van der Waals surface area contributed by atoms with Crippen LogP contribution in [0.5, 0.6) is 0 Å². The Morgan fingerprint density at radius 1 is 0.812 bits per heavy atom. The van der Waals surface area contributed by atoms with Gasteiger partial charge in [0.2, 0.25) is 5.91 Å². The topological polar surface area (TPSA) is 44.4 Å². The molecule has 2 aliphatic rings. The first-order chi connectivity index (χ1) is 15.4. The lowest BCUT2D eigenvalue weighted by Gasteiger charge is -2.31. The Morgan fingerprint density at radius 2 is 1.41 bits per heavy atom. The SMILES string of the molecule is Cc1ccc(C2NNC3C(=O)N(c4ccc(F)cc4)C(c4ccc(C(C)C)cc4)C32)cc1. The van der Waals surface area contributed by atoms with Gasteiger partial charge in [0, 0.05) is 11.6 Å². The Morgan fingerprint density at radius 3 is 2.03 bits per heavy atom. The number of hydrogen-bond acceptors (Lipinski definition) is 3. The second kappa shape index (κ2) is 8.15. The van der Waals surface area contributed by atoms with E-state index in [4.69, 9.17) is 0 Å². The second-order valence-corrected chi connectivity index (χ2v) is 9.18. The summed E-state index contributed by atoms with van der Waals surface area (Å²) in [6.45, 7) is 6.42. The molecule has 0 radical (unpaired) electrons. The van der Waals surface area contributed by atoms with E-state index in [9.17, 15) is 9.18 Å². The number of anilines is 1. The zero-order valence-corrected chi connectivity index (χ0v) is 18.5. The Balaban J connectivity index is 1.60. The van der Waals surface area contributed by atoms with E-state index in [2.05, 4.69) is 80.2 Å². The average Bonchev–Trinajstić information content (AvgIpc) is 3.34. The van der Waals surface area contributed by atoms with Gasteiger partial charge in [0.25, 0.3) is 0 Å². The highest BCUT2D eigenvalue weighted by molar-refractivity contribution is 6.01. The number of rotatable bonds is 4. The number of fused-ring (bicyclic) bond motifs is 1. The standard InChI is InChI=1S/C27H28FN3O/c1-16(2)18-8-10-20(11-9-18)26-23-24(19-6-4-17(3)5-7-19)29-30-25(23)27(32)31(26)22-14-12-21(28)13-15-22/h4-16,23-26,29-30H,1-3H3. The fourth-order valence-corrected chi connectivity index (χ4v) is 5.03. The van der Waals surface area contributed by atoms with E-state index < -0.39 is 0 Å². The number of carbonyl (C=O) groups is 1. The highest BCUT2D eigenvalue weighted by Gasteiger charge is 2.55. The maximum atomic E-state index is 13.6. The Labute approximate surface area is 188 Å². The van der Waals surface area contributed by atoms with Crippen molar-refractivity contribution in [1.82, 2.24) is 10.9 Å². The molecular weight excluding hydrogens is 401 g/mol. The number of amides is 1. The monoisotopic (exact) mass is 429 g/mol. The Bertz CT molecular complexity index is 1110. The lowest BCUT2D eigenvalue weighted by molar-refractivity contribution is -0.119. The van der Waals surface area contributed by atoms with E-state index in [0.717, 1.165) is 11.1 Å².